The van der Waals surface area contributed by atoms with Gasteiger partial charge in [0.1, 0.15) is 11.5 Å². The summed E-state index contributed by atoms with van der Waals surface area (Å²) in [4.78, 5) is 2.13. The van der Waals surface area contributed by atoms with Crippen LogP contribution in [0.5, 0.6) is 11.5 Å². The molecule has 2 aromatic rings. The van der Waals surface area contributed by atoms with Crippen molar-refractivity contribution in [3.8, 4) is 24.0 Å². The van der Waals surface area contributed by atoms with Crippen LogP contribution in [0.3, 0.4) is 0 Å². The summed E-state index contributed by atoms with van der Waals surface area (Å²) >= 11 is 1.63. The maximum Gasteiger partial charge on any atom is 0.292 e. The Hall–Kier alpha value is -2.63. The monoisotopic (exact) mass is 352 g/mol. The molecule has 0 unspecified atom stereocenters. The van der Waals surface area contributed by atoms with E-state index in [-0.39, 0.29) is 11.8 Å². The van der Waals surface area contributed by atoms with Crippen molar-refractivity contribution < 1.29 is 9.47 Å². The molecule has 0 aliphatic heterocycles. The van der Waals surface area contributed by atoms with Crippen molar-refractivity contribution in [1.82, 2.24) is 0 Å². The first kappa shape index (κ1) is 18.7. The van der Waals surface area contributed by atoms with Gasteiger partial charge in [-0.25, -0.2) is 0 Å². The molecule has 25 heavy (non-hydrogen) atoms. The van der Waals surface area contributed by atoms with Crippen LogP contribution < -0.4 is 9.47 Å². The van der Waals surface area contributed by atoms with Gasteiger partial charge in [0.2, 0.25) is 0 Å². The molecule has 0 saturated carbocycles. The zero-order chi connectivity index (χ0) is 18.4. The van der Waals surface area contributed by atoms with Gasteiger partial charge < -0.3 is 9.47 Å². The third kappa shape index (κ3) is 4.68. The molecule has 4 nitrogen and oxygen atoms in total. The van der Waals surface area contributed by atoms with Crippen LogP contribution in [0.4, 0.5) is 0 Å². The fraction of sp³-hybridized carbons (Fsp3) is 0.300. The summed E-state index contributed by atoms with van der Waals surface area (Å²) in [5.41, 5.74) is 2.00. The van der Waals surface area contributed by atoms with Crippen molar-refractivity contribution in [2.24, 2.45) is 0 Å². The van der Waals surface area contributed by atoms with E-state index in [1.807, 2.05) is 24.3 Å². The molecule has 2 aromatic carbocycles. The molecule has 0 fully saturated rings. The highest BCUT2D eigenvalue weighted by Gasteiger charge is 2.13. The van der Waals surface area contributed by atoms with Crippen LogP contribution >= 0.6 is 11.8 Å². The van der Waals surface area contributed by atoms with Crippen LogP contribution in [-0.2, 0) is 0 Å². The topological polar surface area (TPSA) is 66.0 Å². The average Bonchev–Trinajstić information content (AvgIpc) is 2.57. The molecule has 5 heteroatoms. The number of hydrogen-bond acceptors (Lipinski definition) is 5. The van der Waals surface area contributed by atoms with Crippen LogP contribution in [0.1, 0.15) is 50.7 Å². The highest BCUT2D eigenvalue weighted by molar-refractivity contribution is 7.99. The first-order chi connectivity index (χ1) is 12.0. The Morgan fingerprint density at radius 2 is 1.16 bits per heavy atom. The fourth-order valence-corrected chi connectivity index (χ4v) is 3.42. The maximum absolute atomic E-state index is 8.77. The van der Waals surface area contributed by atoms with Crippen LogP contribution in [0.15, 0.2) is 46.2 Å². The number of rotatable bonds is 6. The molecule has 0 radical (unpaired) electrons. The van der Waals surface area contributed by atoms with Crippen molar-refractivity contribution in [1.29, 1.82) is 10.5 Å². The van der Waals surface area contributed by atoms with Gasteiger partial charge >= 0.3 is 0 Å². The van der Waals surface area contributed by atoms with Crippen molar-refractivity contribution in [2.45, 2.75) is 49.3 Å². The molecule has 0 amide bonds. The van der Waals surface area contributed by atoms with Crippen LogP contribution in [0, 0.1) is 23.0 Å². The lowest BCUT2D eigenvalue weighted by Gasteiger charge is -2.14. The van der Waals surface area contributed by atoms with E-state index in [9.17, 15) is 0 Å². The first-order valence-electron chi connectivity index (χ1n) is 8.03. The predicted octanol–water partition coefficient (Wildman–Crippen LogP) is 5.80. The van der Waals surface area contributed by atoms with Gasteiger partial charge in [0.25, 0.3) is 12.5 Å². The van der Waals surface area contributed by atoms with Crippen molar-refractivity contribution in [2.75, 3.05) is 0 Å². The average molecular weight is 352 g/mol. The molecule has 0 saturated heterocycles. The molecule has 0 bridgehead atoms. The Bertz CT molecular complexity index is 763. The molecule has 0 heterocycles. The maximum atomic E-state index is 8.77. The highest BCUT2D eigenvalue weighted by atomic mass is 32.2. The van der Waals surface area contributed by atoms with Gasteiger partial charge in [-0.2, -0.15) is 0 Å². The normalized spacial score (nSPS) is 10.4. The Morgan fingerprint density at radius 1 is 0.760 bits per heavy atom. The summed E-state index contributed by atoms with van der Waals surface area (Å²) in [5.74, 6) is 1.70. The number of nitrogens with zero attached hydrogens (tertiary/aromatic N) is 2. The Morgan fingerprint density at radius 3 is 1.48 bits per heavy atom. The molecule has 0 N–H and O–H groups in total. The Labute approximate surface area is 153 Å². The number of ether oxygens (including phenoxy) is 2. The number of hydrogen-bond donors (Lipinski definition) is 0. The molecule has 2 rings (SSSR count). The quantitative estimate of drug-likeness (QED) is 0.614. The largest absolute Gasteiger partial charge is 0.388 e. The summed E-state index contributed by atoms with van der Waals surface area (Å²) in [6.07, 6.45) is 3.48. The lowest BCUT2D eigenvalue weighted by atomic mass is 10.0. The molecule has 0 aliphatic carbocycles. The first-order valence-corrected chi connectivity index (χ1v) is 8.85. The fourth-order valence-electron chi connectivity index (χ4n) is 2.50. The smallest absolute Gasteiger partial charge is 0.292 e. The van der Waals surface area contributed by atoms with Crippen molar-refractivity contribution in [3.05, 3.63) is 47.5 Å². The highest BCUT2D eigenvalue weighted by Crippen LogP contribution is 2.37. The van der Waals surface area contributed by atoms with Crippen LogP contribution in [0.2, 0.25) is 0 Å². The predicted molar refractivity (Wildman–Crippen MR) is 97.7 cm³/mol. The molecular weight excluding hydrogens is 332 g/mol. The summed E-state index contributed by atoms with van der Waals surface area (Å²) in [6, 6.07) is 11.7. The second-order valence-electron chi connectivity index (χ2n) is 6.20. The molecule has 0 aliphatic rings. The minimum atomic E-state index is 0.251. The standard InChI is InChI=1S/C20H20N2O2S/c1-13(2)17-9-15(5-7-19(17)23-11-21)25-16-6-8-20(24-12-22)18(10-16)14(3)4/h5-10,13-14H,1-4H3. The van der Waals surface area contributed by atoms with Crippen molar-refractivity contribution >= 4 is 11.8 Å². The second kappa shape index (κ2) is 8.46. The van der Waals surface area contributed by atoms with Crippen LogP contribution in [0.25, 0.3) is 0 Å². The van der Waals surface area contributed by atoms with Crippen molar-refractivity contribution in [3.63, 3.8) is 0 Å². The van der Waals surface area contributed by atoms with E-state index in [0.29, 0.717) is 11.5 Å². The molecular formula is C20H20N2O2S. The van der Waals surface area contributed by atoms with Gasteiger partial charge in [0, 0.05) is 9.79 Å². The zero-order valence-electron chi connectivity index (χ0n) is 14.7. The van der Waals surface area contributed by atoms with Gasteiger partial charge in [-0.15, -0.1) is 10.5 Å². The van der Waals surface area contributed by atoms with E-state index in [1.54, 1.807) is 24.3 Å². The summed E-state index contributed by atoms with van der Waals surface area (Å²) in [5, 5.41) is 17.5. The minimum Gasteiger partial charge on any atom is -0.388 e. The Kier molecular flexibility index (Phi) is 6.33. The Balaban J connectivity index is 2.33. The minimum absolute atomic E-state index is 0.251. The van der Waals surface area contributed by atoms with E-state index >= 15 is 0 Å². The molecule has 0 atom stereocenters. The van der Waals surface area contributed by atoms with E-state index in [0.717, 1.165) is 20.9 Å². The van der Waals surface area contributed by atoms with Gasteiger partial charge in [-0.3, -0.25) is 0 Å². The summed E-state index contributed by atoms with van der Waals surface area (Å²) in [6.45, 7) is 8.27. The summed E-state index contributed by atoms with van der Waals surface area (Å²) in [7, 11) is 0. The van der Waals surface area contributed by atoms with Gasteiger partial charge in [0.05, 0.1) is 0 Å². The number of benzene rings is 2. The van der Waals surface area contributed by atoms with E-state index < -0.39 is 0 Å². The zero-order valence-corrected chi connectivity index (χ0v) is 15.6. The summed E-state index contributed by atoms with van der Waals surface area (Å²) < 4.78 is 10.1. The lowest BCUT2D eigenvalue weighted by molar-refractivity contribution is 0.495. The molecule has 0 spiro atoms. The lowest BCUT2D eigenvalue weighted by Crippen LogP contribution is -1.95. The SMILES string of the molecule is CC(C)c1cc(Sc2ccc(OC#N)c(C(C)C)c2)ccc1OC#N. The van der Waals surface area contributed by atoms with Crippen LogP contribution in [-0.4, -0.2) is 0 Å². The van der Waals surface area contributed by atoms with E-state index in [2.05, 4.69) is 39.8 Å². The second-order valence-corrected chi connectivity index (χ2v) is 7.34. The molecule has 0 aromatic heterocycles. The number of nitriles is 2. The van der Waals surface area contributed by atoms with E-state index in [1.165, 1.54) is 0 Å². The van der Waals surface area contributed by atoms with E-state index in [4.69, 9.17) is 20.0 Å². The van der Waals surface area contributed by atoms with Gasteiger partial charge in [-0.05, 0) is 59.4 Å². The molecule has 128 valence electrons. The third-order valence-electron chi connectivity index (χ3n) is 3.75. The van der Waals surface area contributed by atoms with Gasteiger partial charge in [-0.1, -0.05) is 39.5 Å². The third-order valence-corrected chi connectivity index (χ3v) is 4.73. The van der Waals surface area contributed by atoms with Gasteiger partial charge in [0.15, 0.2) is 0 Å².